The zero-order chi connectivity index (χ0) is 4.00. The van der Waals surface area contributed by atoms with Gasteiger partial charge in [0.25, 0.3) is 0 Å². The number of hydrogen-bond acceptors (Lipinski definition) is 2. The van der Waals surface area contributed by atoms with Crippen molar-refractivity contribution in [2.24, 2.45) is 0 Å². The van der Waals surface area contributed by atoms with Crippen molar-refractivity contribution in [3.05, 3.63) is 0 Å². The minimum absolute atomic E-state index is 1.44. The van der Waals surface area contributed by atoms with E-state index < -0.39 is 0 Å². The molecule has 0 aliphatic heterocycles. The summed E-state index contributed by atoms with van der Waals surface area (Å²) < 4.78 is 16.2. The summed E-state index contributed by atoms with van der Waals surface area (Å²) in [5, 5.41) is 0. The first-order valence-corrected chi connectivity index (χ1v) is 1.59. The van der Waals surface area contributed by atoms with E-state index in [0.717, 1.165) is 0 Å². The summed E-state index contributed by atoms with van der Waals surface area (Å²) in [5.74, 6) is 0. The van der Waals surface area contributed by atoms with Crippen LogP contribution in [-0.2, 0) is 1.83 Å². The van der Waals surface area contributed by atoms with Crippen LogP contribution in [0.3, 0.4) is 0 Å². The molecule has 0 unspecified atom stereocenters. The summed E-state index contributed by atoms with van der Waals surface area (Å²) in [6.07, 6.45) is 0. The van der Waals surface area contributed by atoms with Crippen molar-refractivity contribution in [3.8, 4) is 0 Å². The van der Waals surface area contributed by atoms with Crippen molar-refractivity contribution in [2.45, 2.75) is 0 Å². The van der Waals surface area contributed by atoms with Gasteiger partial charge in [0.15, 0.2) is 0 Å². The van der Waals surface area contributed by atoms with E-state index in [1.54, 1.807) is 35.0 Å². The normalized spacial score (nSPS) is 3.00. The zero-order valence-corrected chi connectivity index (χ0v) is 4.71. The number of rotatable bonds is 0. The van der Waals surface area contributed by atoms with E-state index in [9.17, 15) is 0 Å². The van der Waals surface area contributed by atoms with Crippen LogP contribution in [0, 0.1) is 79.9 Å². The Morgan fingerprint density at radius 1 is 1.25 bits per heavy atom. The molecule has 0 saturated heterocycles. The van der Waals surface area contributed by atoms with Crippen LogP contribution in [0.25, 0.3) is 0 Å². The Morgan fingerprint density at radius 3 is 1.25 bits per heavy atom. The van der Waals surface area contributed by atoms with Gasteiger partial charge < -0.3 is 0 Å². The van der Waals surface area contributed by atoms with E-state index in [0.29, 0.717) is 0 Å². The Balaban J connectivity index is 0. The van der Waals surface area contributed by atoms with Gasteiger partial charge in [0.1, 0.15) is 0 Å². The molecule has 4 heavy (non-hydrogen) atoms. The zero-order valence-electron chi connectivity index (χ0n) is 1.34. The molecule has 0 N–H and O–H groups in total. The van der Waals surface area contributed by atoms with E-state index in [-0.39, 0.29) is 0 Å². The topological polar surface area (TPSA) is 34.1 Å². The Bertz CT molecular complexity index is 8.00. The van der Waals surface area contributed by atoms with Gasteiger partial charge >= 0.3 is 81.7 Å². The van der Waals surface area contributed by atoms with Crippen molar-refractivity contribution < 1.29 is 81.7 Å². The first-order valence-electron chi connectivity index (χ1n) is 0.215. The summed E-state index contributed by atoms with van der Waals surface area (Å²) >= 11 is 3.03. The van der Waals surface area contributed by atoms with Crippen LogP contribution >= 0.6 is 0 Å². The molecule has 0 aliphatic carbocycles. The molecule has 0 aromatic rings. The summed E-state index contributed by atoms with van der Waals surface area (Å²) in [6.45, 7) is 0. The molecule has 0 bridgehead atoms. The first kappa shape index (κ1) is 9.61. The Labute approximate surface area is 79.3 Å². The standard InChI is InChI=1S/Lu.2O.Yb. The average Bonchev–Trinajstić information content (AvgIpc) is 1.50. The molecular weight excluding hydrogens is 380 g/mol. The third kappa shape index (κ3) is 8.84. The summed E-state index contributed by atoms with van der Waals surface area (Å²) in [5.41, 5.74) is 0. The van der Waals surface area contributed by atoms with Crippen molar-refractivity contribution in [1.29, 1.82) is 0 Å². The third-order valence-corrected chi connectivity index (χ3v) is 0. The fraction of sp³-hybridized carbons (Fsp3) is 0. The second kappa shape index (κ2) is 18.3. The maximum absolute atomic E-state index is 8.11. The second-order valence-corrected chi connectivity index (χ2v) is 0. The molecule has 0 rings (SSSR count). The molecule has 0 atom stereocenters. The van der Waals surface area contributed by atoms with Crippen molar-refractivity contribution in [1.82, 2.24) is 0 Å². The van der Waals surface area contributed by atoms with Crippen molar-refractivity contribution in [2.75, 3.05) is 0 Å². The van der Waals surface area contributed by atoms with Gasteiger partial charge in [0.05, 0.1) is 0 Å². The predicted molar refractivity (Wildman–Crippen MR) is 1.37 cm³/mol. The van der Waals surface area contributed by atoms with Crippen molar-refractivity contribution in [3.63, 3.8) is 0 Å². The Hall–Kier alpha value is 2.35. The van der Waals surface area contributed by atoms with E-state index in [2.05, 4.69) is 0 Å². The Morgan fingerprint density at radius 2 is 1.25 bits per heavy atom. The molecular formula is LuO2Yb. The molecule has 0 spiro atoms. The van der Waals surface area contributed by atoms with Crippen LogP contribution in [0.4, 0.5) is 0 Å². The van der Waals surface area contributed by atoms with Gasteiger partial charge in [-0.25, -0.2) is 0 Å². The van der Waals surface area contributed by atoms with Crippen LogP contribution in [-0.4, -0.2) is 0 Å². The van der Waals surface area contributed by atoms with E-state index >= 15 is 0 Å². The van der Waals surface area contributed by atoms with Crippen molar-refractivity contribution >= 4 is 0 Å². The molecule has 0 radical (unpaired) electrons. The predicted octanol–water partition coefficient (Wildman–Crippen LogP) is -0.238. The molecule has 0 saturated carbocycles. The molecule has 0 heterocycles. The van der Waals surface area contributed by atoms with Crippen LogP contribution in [0.1, 0.15) is 0 Å². The van der Waals surface area contributed by atoms with E-state index in [1.807, 2.05) is 0 Å². The number of hydrogen-bond donors (Lipinski definition) is 0. The van der Waals surface area contributed by atoms with Gasteiger partial charge in [-0.15, -0.1) is 0 Å². The van der Waals surface area contributed by atoms with Gasteiger partial charge in [-0.2, -0.15) is 0 Å². The fourth-order valence-corrected chi connectivity index (χ4v) is 0. The third-order valence-electron chi connectivity index (χ3n) is 0. The van der Waals surface area contributed by atoms with Gasteiger partial charge in [-0.1, -0.05) is 0 Å². The van der Waals surface area contributed by atoms with Gasteiger partial charge in [-0.3, -0.25) is 0 Å². The SMILES string of the molecule is [O]=[Lu].[O]=[Yb]. The summed E-state index contributed by atoms with van der Waals surface area (Å²) in [7, 11) is 0. The molecule has 0 fully saturated rings. The molecule has 0 amide bonds. The molecule has 0 aromatic heterocycles. The molecule has 4 heteroatoms. The maximum atomic E-state index is 8.11. The fourth-order valence-electron chi connectivity index (χ4n) is 0. The minimum atomic E-state index is 1.44. The average molecular weight is 380 g/mol. The van der Waals surface area contributed by atoms with Crippen LogP contribution in [0.5, 0.6) is 0 Å². The first-order chi connectivity index (χ1) is 2.00. The molecule has 2 nitrogen and oxygen atoms in total. The molecule has 41 valence electrons. The van der Waals surface area contributed by atoms with Gasteiger partial charge in [0, 0.05) is 0 Å². The molecule has 0 aromatic carbocycles. The van der Waals surface area contributed by atoms with E-state index in [1.165, 1.54) is 44.8 Å². The van der Waals surface area contributed by atoms with Crippen LogP contribution in [0.15, 0.2) is 0 Å². The quantitative estimate of drug-likeness (QED) is 0.582. The summed E-state index contributed by atoms with van der Waals surface area (Å²) in [4.78, 5) is 0. The Kier molecular flexibility index (Phi) is 44.0. The van der Waals surface area contributed by atoms with Crippen LogP contribution in [0.2, 0.25) is 0 Å². The summed E-state index contributed by atoms with van der Waals surface area (Å²) in [6, 6.07) is 0. The monoisotopic (exact) mass is 381 g/mol. The van der Waals surface area contributed by atoms with E-state index in [4.69, 9.17) is 1.83 Å². The van der Waals surface area contributed by atoms with Gasteiger partial charge in [0.2, 0.25) is 0 Å². The second-order valence-electron chi connectivity index (χ2n) is 0. The van der Waals surface area contributed by atoms with Crippen LogP contribution < -0.4 is 0 Å². The molecule has 0 aliphatic rings. The van der Waals surface area contributed by atoms with Gasteiger partial charge in [-0.05, 0) is 0 Å².